The molecule has 12 heteroatoms. The number of nitrogens with zero attached hydrogens (tertiary/aromatic N) is 5. The summed E-state index contributed by atoms with van der Waals surface area (Å²) in [5.41, 5.74) is 15.9. The number of fused-ring (bicyclic) bond motifs is 1. The maximum atomic E-state index is 13.6. The molecule has 42 heavy (non-hydrogen) atoms. The van der Waals surface area contributed by atoms with Gasteiger partial charge in [0, 0.05) is 41.6 Å². The smallest absolute Gasteiger partial charge is 0.354 e. The molecule has 0 radical (unpaired) electrons. The average Bonchev–Trinajstić information content (AvgIpc) is 3.00. The van der Waals surface area contributed by atoms with Gasteiger partial charge in [0.1, 0.15) is 17.6 Å². The van der Waals surface area contributed by atoms with E-state index in [2.05, 4.69) is 20.1 Å². The monoisotopic (exact) mass is 565 g/mol. The molecule has 1 aliphatic rings. The molecule has 12 nitrogen and oxygen atoms in total. The summed E-state index contributed by atoms with van der Waals surface area (Å²) < 4.78 is 11.2. The third-order valence-corrected chi connectivity index (χ3v) is 6.69. The predicted octanol–water partition coefficient (Wildman–Crippen LogP) is 3.32. The van der Waals surface area contributed by atoms with Crippen molar-refractivity contribution >= 4 is 35.9 Å². The van der Waals surface area contributed by atoms with Gasteiger partial charge >= 0.3 is 5.97 Å². The van der Waals surface area contributed by atoms with Crippen molar-refractivity contribution in [3.63, 3.8) is 0 Å². The number of hydrogen-bond acceptors (Lipinski definition) is 10. The van der Waals surface area contributed by atoms with Crippen LogP contribution in [-0.2, 0) is 11.2 Å². The molecule has 3 heterocycles. The van der Waals surface area contributed by atoms with Crippen LogP contribution in [-0.4, -0.2) is 57.4 Å². The number of benzene rings is 2. The fourth-order valence-corrected chi connectivity index (χ4v) is 4.71. The van der Waals surface area contributed by atoms with Crippen molar-refractivity contribution in [2.75, 3.05) is 25.7 Å². The van der Waals surface area contributed by atoms with Crippen molar-refractivity contribution in [3.05, 3.63) is 106 Å². The Bertz CT molecular complexity index is 1720. The Hall–Kier alpha value is -5.78. The minimum absolute atomic E-state index is 0.0839. The average molecular weight is 566 g/mol. The van der Waals surface area contributed by atoms with Gasteiger partial charge in [0.25, 0.3) is 5.91 Å². The van der Waals surface area contributed by atoms with Gasteiger partial charge in [-0.15, -0.1) is 0 Å². The molecule has 1 amide bonds. The molecule has 0 fully saturated rings. The number of carboxylic acid groups (broad SMARTS) is 1. The van der Waals surface area contributed by atoms with Crippen LogP contribution in [0.25, 0.3) is 6.08 Å². The lowest BCUT2D eigenvalue weighted by Crippen LogP contribution is -2.33. The molecule has 5 N–H and O–H groups in total. The number of nitrogen functional groups attached to an aromatic ring is 2. The summed E-state index contributed by atoms with van der Waals surface area (Å²) in [6.45, 7) is 0. The van der Waals surface area contributed by atoms with Crippen molar-refractivity contribution in [2.45, 2.75) is 12.5 Å². The number of anilines is 2. The maximum absolute atomic E-state index is 13.6. The first kappa shape index (κ1) is 27.8. The van der Waals surface area contributed by atoms with Crippen molar-refractivity contribution in [1.82, 2.24) is 20.0 Å². The number of rotatable bonds is 8. The van der Waals surface area contributed by atoms with E-state index in [4.69, 9.17) is 20.9 Å². The molecule has 0 spiro atoms. The number of pyridine rings is 1. The Balaban J connectivity index is 1.49. The Morgan fingerprint density at radius 2 is 1.86 bits per heavy atom. The van der Waals surface area contributed by atoms with Crippen LogP contribution in [0.2, 0.25) is 0 Å². The van der Waals surface area contributed by atoms with Gasteiger partial charge in [0.05, 0.1) is 20.4 Å². The molecular formula is C30H27N7O5. The van der Waals surface area contributed by atoms with Crippen LogP contribution in [0.15, 0.2) is 72.1 Å². The first-order valence-corrected chi connectivity index (χ1v) is 12.7. The van der Waals surface area contributed by atoms with Crippen LogP contribution in [0, 0.1) is 0 Å². The first-order valence-electron chi connectivity index (χ1n) is 12.7. The van der Waals surface area contributed by atoms with Crippen LogP contribution >= 0.6 is 0 Å². The number of ether oxygens (including phenoxy) is 2. The van der Waals surface area contributed by atoms with Gasteiger partial charge in [-0.3, -0.25) is 4.79 Å². The van der Waals surface area contributed by atoms with Crippen molar-refractivity contribution < 1.29 is 24.2 Å². The first-order chi connectivity index (χ1) is 20.3. The molecule has 0 aliphatic carbocycles. The normalized spacial score (nSPS) is 14.0. The van der Waals surface area contributed by atoms with Gasteiger partial charge in [0.15, 0.2) is 11.5 Å². The van der Waals surface area contributed by atoms with Gasteiger partial charge in [0.2, 0.25) is 5.95 Å². The highest BCUT2D eigenvalue weighted by Gasteiger charge is 2.30. The lowest BCUT2D eigenvalue weighted by molar-refractivity contribution is -0.127. The van der Waals surface area contributed by atoms with E-state index < -0.39 is 17.9 Å². The summed E-state index contributed by atoms with van der Waals surface area (Å²) in [5, 5.41) is 15.0. The van der Waals surface area contributed by atoms with E-state index in [9.17, 15) is 14.7 Å². The quantitative estimate of drug-likeness (QED) is 0.268. The van der Waals surface area contributed by atoms with E-state index in [0.29, 0.717) is 34.6 Å². The summed E-state index contributed by atoms with van der Waals surface area (Å²) in [7, 11) is 3.04. The Kier molecular flexibility index (Phi) is 7.78. The summed E-state index contributed by atoms with van der Waals surface area (Å²) in [6.07, 6.45) is 8.01. The molecule has 1 aliphatic heterocycles. The lowest BCUT2D eigenvalue weighted by atomic mass is 9.94. The SMILES string of the molecule is COc1cc(Cc2cnc(N)nc2N)cc(/C=C/C(=O)N2N=Cc3ccccc3C2c2ccc(C(=O)O)nc2)c1OC. The highest BCUT2D eigenvalue weighted by atomic mass is 16.5. The molecular weight excluding hydrogens is 538 g/mol. The standard InChI is InChI=1S/C30H27N7O5/c1-41-24-13-17(12-21-15-34-30(32)36-28(21)31)11-18(27(24)42-2)8-10-25(38)37-26(20-7-9-23(29(39)40)33-14-20)22-6-4-3-5-19(22)16-35-37/h3-11,13-16,26H,12H2,1-2H3,(H,39,40)(H4,31,32,34,36)/b10-8+. The number of amides is 1. The van der Waals surface area contributed by atoms with Crippen LogP contribution < -0.4 is 20.9 Å². The molecule has 212 valence electrons. The molecule has 0 bridgehead atoms. The topological polar surface area (TPSA) is 179 Å². The Labute approximate surface area is 241 Å². The number of aromatic nitrogens is 3. The number of carboxylic acids is 1. The van der Waals surface area contributed by atoms with Crippen molar-refractivity contribution in [3.8, 4) is 11.5 Å². The third-order valence-electron chi connectivity index (χ3n) is 6.69. The van der Waals surface area contributed by atoms with Crippen molar-refractivity contribution in [1.29, 1.82) is 0 Å². The molecule has 5 rings (SSSR count). The van der Waals surface area contributed by atoms with E-state index in [1.165, 1.54) is 37.6 Å². The lowest BCUT2D eigenvalue weighted by Gasteiger charge is -2.31. The zero-order valence-electron chi connectivity index (χ0n) is 22.8. The molecule has 1 atom stereocenters. The number of carbonyl (C=O) groups excluding carboxylic acids is 1. The second kappa shape index (κ2) is 11.8. The number of carbonyl (C=O) groups is 2. The zero-order chi connectivity index (χ0) is 29.8. The highest BCUT2D eigenvalue weighted by Crippen LogP contribution is 2.36. The van der Waals surface area contributed by atoms with Gasteiger partial charge < -0.3 is 26.0 Å². The Morgan fingerprint density at radius 3 is 2.55 bits per heavy atom. The second-order valence-electron chi connectivity index (χ2n) is 9.31. The minimum Gasteiger partial charge on any atom is -0.493 e. The number of nitrogens with two attached hydrogens (primary N) is 2. The second-order valence-corrected chi connectivity index (χ2v) is 9.31. The Morgan fingerprint density at radius 1 is 1.05 bits per heavy atom. The summed E-state index contributed by atoms with van der Waals surface area (Å²) >= 11 is 0. The number of methoxy groups -OCH3 is 2. The van der Waals surface area contributed by atoms with Crippen LogP contribution in [0.5, 0.6) is 11.5 Å². The molecule has 2 aromatic carbocycles. The van der Waals surface area contributed by atoms with Gasteiger partial charge in [-0.25, -0.2) is 19.8 Å². The van der Waals surface area contributed by atoms with Gasteiger partial charge in [-0.1, -0.05) is 30.3 Å². The molecule has 1 unspecified atom stereocenters. The predicted molar refractivity (Wildman–Crippen MR) is 156 cm³/mol. The third kappa shape index (κ3) is 5.59. The molecule has 0 saturated heterocycles. The van der Waals surface area contributed by atoms with E-state index in [0.717, 1.165) is 16.7 Å². The van der Waals surface area contributed by atoms with E-state index in [1.54, 1.807) is 24.6 Å². The van der Waals surface area contributed by atoms with Crippen LogP contribution in [0.1, 0.15) is 49.9 Å². The largest absolute Gasteiger partial charge is 0.493 e. The van der Waals surface area contributed by atoms with E-state index in [-0.39, 0.29) is 17.5 Å². The highest BCUT2D eigenvalue weighted by molar-refractivity contribution is 5.95. The fraction of sp³-hybridized carbons (Fsp3) is 0.133. The summed E-state index contributed by atoms with van der Waals surface area (Å²) in [4.78, 5) is 37.1. The van der Waals surface area contributed by atoms with Crippen LogP contribution in [0.3, 0.4) is 0 Å². The number of hydrogen-bond donors (Lipinski definition) is 3. The number of aromatic carboxylic acids is 1. The molecule has 4 aromatic rings. The zero-order valence-corrected chi connectivity index (χ0v) is 22.8. The summed E-state index contributed by atoms with van der Waals surface area (Å²) in [6, 6.07) is 13.6. The van der Waals surface area contributed by atoms with E-state index >= 15 is 0 Å². The van der Waals surface area contributed by atoms with Gasteiger partial charge in [-0.05, 0) is 41.0 Å². The maximum Gasteiger partial charge on any atom is 0.354 e. The minimum atomic E-state index is -1.14. The number of hydrazone groups is 1. The fourth-order valence-electron chi connectivity index (χ4n) is 4.71. The van der Waals surface area contributed by atoms with Crippen molar-refractivity contribution in [2.24, 2.45) is 5.10 Å². The van der Waals surface area contributed by atoms with E-state index in [1.807, 2.05) is 36.4 Å². The molecule has 0 saturated carbocycles. The summed E-state index contributed by atoms with van der Waals surface area (Å²) in [5.74, 6) is -0.313. The molecule has 2 aromatic heterocycles. The van der Waals surface area contributed by atoms with Crippen LogP contribution in [0.4, 0.5) is 11.8 Å². The van der Waals surface area contributed by atoms with Gasteiger partial charge in [-0.2, -0.15) is 10.1 Å².